The van der Waals surface area contributed by atoms with Crippen LogP contribution in [0.25, 0.3) is 0 Å². The molecule has 1 fully saturated rings. The maximum absolute atomic E-state index is 10.0. The number of aliphatic hydroxyl groups is 1. The van der Waals surface area contributed by atoms with Crippen LogP contribution in [0.3, 0.4) is 0 Å². The maximum Gasteiger partial charge on any atom is 0.0735 e. The topological polar surface area (TPSA) is 32.3 Å². The van der Waals surface area contributed by atoms with Crippen LogP contribution in [0, 0.1) is 0 Å². The van der Waals surface area contributed by atoms with E-state index in [1.54, 1.807) is 0 Å². The Hall–Kier alpha value is -0.510. The molecule has 0 saturated carbocycles. The average Bonchev–Trinajstić information content (AvgIpc) is 2.76. The molecule has 2 aliphatic rings. The summed E-state index contributed by atoms with van der Waals surface area (Å²) in [7, 11) is 0. The first-order chi connectivity index (χ1) is 7.84. The number of aliphatic hydroxyl groups excluding tert-OH is 1. The van der Waals surface area contributed by atoms with Gasteiger partial charge >= 0.3 is 0 Å². The molecule has 2 nitrogen and oxygen atoms in total. The molecule has 2 aliphatic heterocycles. The van der Waals surface area contributed by atoms with Crippen molar-refractivity contribution in [2.24, 2.45) is 0 Å². The fourth-order valence-electron chi connectivity index (χ4n) is 2.61. The summed E-state index contributed by atoms with van der Waals surface area (Å²) in [5.74, 6) is 1.21. The molecule has 2 unspecified atom stereocenters. The van der Waals surface area contributed by atoms with Crippen molar-refractivity contribution in [1.82, 2.24) is 5.32 Å². The lowest BCUT2D eigenvalue weighted by molar-refractivity contribution is 0.0965. The van der Waals surface area contributed by atoms with E-state index < -0.39 is 0 Å². The minimum absolute atomic E-state index is 0.143. The van der Waals surface area contributed by atoms with Gasteiger partial charge in [-0.1, -0.05) is 12.1 Å². The molecule has 2 heterocycles. The van der Waals surface area contributed by atoms with Crippen molar-refractivity contribution in [3.05, 3.63) is 29.3 Å². The van der Waals surface area contributed by atoms with Gasteiger partial charge in [-0.25, -0.2) is 0 Å². The molecular weight excluding hydrogens is 218 g/mol. The van der Waals surface area contributed by atoms with Gasteiger partial charge in [-0.3, -0.25) is 0 Å². The zero-order chi connectivity index (χ0) is 11.0. The number of thioether (sulfide) groups is 1. The molecule has 3 heteroatoms. The molecule has 0 bridgehead atoms. The first-order valence-electron chi connectivity index (χ1n) is 6.02. The summed E-state index contributed by atoms with van der Waals surface area (Å²) >= 11 is 1.94. The first-order valence-corrected chi connectivity index (χ1v) is 7.00. The molecule has 3 rings (SSSR count). The molecule has 16 heavy (non-hydrogen) atoms. The summed E-state index contributed by atoms with van der Waals surface area (Å²) < 4.78 is 0. The highest BCUT2D eigenvalue weighted by atomic mass is 32.2. The highest BCUT2D eigenvalue weighted by Gasteiger charge is 2.25. The number of aryl methyl sites for hydroxylation is 1. The zero-order valence-electron chi connectivity index (χ0n) is 9.28. The maximum atomic E-state index is 10.0. The molecule has 0 amide bonds. The Bertz CT molecular complexity index is 394. The Labute approximate surface area is 100 Å². The molecule has 0 aliphatic carbocycles. The van der Waals surface area contributed by atoms with Crippen LogP contribution in [0.2, 0.25) is 0 Å². The van der Waals surface area contributed by atoms with Gasteiger partial charge in [0.1, 0.15) is 0 Å². The molecular formula is C13H17NOS. The summed E-state index contributed by atoms with van der Waals surface area (Å²) in [6.45, 7) is 1.02. The number of fused-ring (bicyclic) bond motifs is 1. The fraction of sp³-hybridized carbons (Fsp3) is 0.538. The third-order valence-electron chi connectivity index (χ3n) is 3.50. The summed E-state index contributed by atoms with van der Waals surface area (Å²) in [6, 6.07) is 6.81. The summed E-state index contributed by atoms with van der Waals surface area (Å²) in [5, 5.41) is 13.4. The molecule has 1 aromatic rings. The van der Waals surface area contributed by atoms with Gasteiger partial charge < -0.3 is 10.4 Å². The standard InChI is InChI=1S/C13H17NOS/c15-11-2-1-6-14-13(11)10-3-4-12-9(8-10)5-7-16-12/h3-4,8,11,13-15H,1-2,5-7H2. The van der Waals surface area contributed by atoms with E-state index in [0.717, 1.165) is 19.4 Å². The lowest BCUT2D eigenvalue weighted by atomic mass is 9.93. The van der Waals surface area contributed by atoms with Crippen LogP contribution < -0.4 is 5.32 Å². The minimum Gasteiger partial charge on any atom is -0.391 e. The monoisotopic (exact) mass is 235 g/mol. The van der Waals surface area contributed by atoms with E-state index in [4.69, 9.17) is 0 Å². The smallest absolute Gasteiger partial charge is 0.0735 e. The highest BCUT2D eigenvalue weighted by molar-refractivity contribution is 7.99. The molecule has 1 saturated heterocycles. The Morgan fingerprint density at radius 3 is 3.19 bits per heavy atom. The van der Waals surface area contributed by atoms with Crippen LogP contribution in [0.15, 0.2) is 23.1 Å². The van der Waals surface area contributed by atoms with Crippen molar-refractivity contribution in [1.29, 1.82) is 0 Å². The van der Waals surface area contributed by atoms with Crippen LogP contribution >= 0.6 is 11.8 Å². The zero-order valence-corrected chi connectivity index (χ0v) is 10.1. The van der Waals surface area contributed by atoms with E-state index in [1.807, 2.05) is 11.8 Å². The second kappa shape index (κ2) is 4.40. The Morgan fingerprint density at radius 2 is 2.31 bits per heavy atom. The van der Waals surface area contributed by atoms with Gasteiger partial charge in [0.05, 0.1) is 12.1 Å². The van der Waals surface area contributed by atoms with Crippen molar-refractivity contribution >= 4 is 11.8 Å². The lowest BCUT2D eigenvalue weighted by Crippen LogP contribution is -2.37. The van der Waals surface area contributed by atoms with E-state index in [1.165, 1.54) is 28.2 Å². The summed E-state index contributed by atoms with van der Waals surface area (Å²) in [4.78, 5) is 1.43. The van der Waals surface area contributed by atoms with Crippen LogP contribution in [0.4, 0.5) is 0 Å². The van der Waals surface area contributed by atoms with Gasteiger partial charge in [0.2, 0.25) is 0 Å². The number of hydrogen-bond acceptors (Lipinski definition) is 3. The van der Waals surface area contributed by atoms with E-state index in [9.17, 15) is 5.11 Å². The minimum atomic E-state index is -0.221. The van der Waals surface area contributed by atoms with Crippen molar-refractivity contribution in [2.45, 2.75) is 36.3 Å². The normalized spacial score (nSPS) is 29.1. The van der Waals surface area contributed by atoms with Gasteiger partial charge in [-0.15, -0.1) is 11.8 Å². The van der Waals surface area contributed by atoms with E-state index >= 15 is 0 Å². The average molecular weight is 235 g/mol. The summed E-state index contributed by atoms with van der Waals surface area (Å²) in [6.07, 6.45) is 2.96. The van der Waals surface area contributed by atoms with Crippen LogP contribution in [-0.4, -0.2) is 23.5 Å². The van der Waals surface area contributed by atoms with Gasteiger partial charge in [0.15, 0.2) is 0 Å². The predicted octanol–water partition coefficient (Wildman–Crippen LogP) is 2.12. The van der Waals surface area contributed by atoms with Gasteiger partial charge in [0.25, 0.3) is 0 Å². The lowest BCUT2D eigenvalue weighted by Gasteiger charge is -2.29. The van der Waals surface area contributed by atoms with Gasteiger partial charge in [-0.05, 0) is 43.0 Å². The Balaban J connectivity index is 1.88. The van der Waals surface area contributed by atoms with Crippen LogP contribution in [0.1, 0.15) is 30.0 Å². The third-order valence-corrected chi connectivity index (χ3v) is 4.62. The molecule has 0 radical (unpaired) electrons. The second-order valence-corrected chi connectivity index (χ2v) is 5.74. The van der Waals surface area contributed by atoms with E-state index in [-0.39, 0.29) is 12.1 Å². The Kier molecular flexibility index (Phi) is 2.92. The quantitative estimate of drug-likeness (QED) is 0.782. The number of piperidine rings is 1. The molecule has 2 atom stereocenters. The van der Waals surface area contributed by atoms with Crippen molar-refractivity contribution < 1.29 is 5.11 Å². The third kappa shape index (κ3) is 1.88. The molecule has 0 aromatic heterocycles. The fourth-order valence-corrected chi connectivity index (χ4v) is 3.66. The van der Waals surface area contributed by atoms with Crippen molar-refractivity contribution in [3.63, 3.8) is 0 Å². The van der Waals surface area contributed by atoms with Gasteiger partial charge in [0, 0.05) is 10.6 Å². The largest absolute Gasteiger partial charge is 0.391 e. The predicted molar refractivity (Wildman–Crippen MR) is 66.9 cm³/mol. The number of benzene rings is 1. The SMILES string of the molecule is OC1CCCNC1c1ccc2c(c1)CCS2. The summed E-state index contributed by atoms with van der Waals surface area (Å²) in [5.41, 5.74) is 2.72. The number of nitrogens with one attached hydrogen (secondary N) is 1. The van der Waals surface area contributed by atoms with Crippen molar-refractivity contribution in [2.75, 3.05) is 12.3 Å². The Morgan fingerprint density at radius 1 is 1.38 bits per heavy atom. The molecule has 0 spiro atoms. The highest BCUT2D eigenvalue weighted by Crippen LogP contribution is 2.34. The van der Waals surface area contributed by atoms with E-state index in [2.05, 4.69) is 23.5 Å². The number of rotatable bonds is 1. The molecule has 2 N–H and O–H groups in total. The first kappa shape index (κ1) is 10.6. The van der Waals surface area contributed by atoms with Gasteiger partial charge in [-0.2, -0.15) is 0 Å². The molecule has 86 valence electrons. The van der Waals surface area contributed by atoms with Crippen LogP contribution in [0.5, 0.6) is 0 Å². The molecule has 1 aromatic carbocycles. The second-order valence-electron chi connectivity index (χ2n) is 4.61. The number of hydrogen-bond donors (Lipinski definition) is 2. The van der Waals surface area contributed by atoms with Crippen molar-refractivity contribution in [3.8, 4) is 0 Å². The van der Waals surface area contributed by atoms with E-state index in [0.29, 0.717) is 0 Å². The van der Waals surface area contributed by atoms with Crippen LogP contribution in [-0.2, 0) is 6.42 Å².